The summed E-state index contributed by atoms with van der Waals surface area (Å²) in [6.45, 7) is 9.92. The molecule has 1 heterocycles. The maximum absolute atomic E-state index is 3.20. The predicted molar refractivity (Wildman–Crippen MR) is 67.2 cm³/mol. The summed E-state index contributed by atoms with van der Waals surface area (Å²) >= 11 is 0. The van der Waals surface area contributed by atoms with Gasteiger partial charge >= 0.3 is 0 Å². The normalized spacial score (nSPS) is 22.8. The summed E-state index contributed by atoms with van der Waals surface area (Å²) in [6, 6.07) is 0. The molecule has 0 radical (unpaired) electrons. The SMILES string of the molecule is CNCCCCCN1CCC(C(C)C)C1. The minimum atomic E-state index is 0.874. The van der Waals surface area contributed by atoms with Gasteiger partial charge in [-0.15, -0.1) is 0 Å². The van der Waals surface area contributed by atoms with Gasteiger partial charge < -0.3 is 10.2 Å². The minimum Gasteiger partial charge on any atom is -0.320 e. The maximum Gasteiger partial charge on any atom is 0.00126 e. The number of nitrogens with one attached hydrogen (secondary N) is 1. The average Bonchev–Trinajstić information content (AvgIpc) is 2.66. The molecule has 2 nitrogen and oxygen atoms in total. The zero-order valence-electron chi connectivity index (χ0n) is 10.8. The van der Waals surface area contributed by atoms with Crippen LogP contribution in [0.1, 0.15) is 39.5 Å². The van der Waals surface area contributed by atoms with Crippen molar-refractivity contribution in [3.63, 3.8) is 0 Å². The second-order valence-corrected chi connectivity index (χ2v) is 5.26. The number of hydrogen-bond acceptors (Lipinski definition) is 2. The molecule has 1 aliphatic rings. The molecule has 15 heavy (non-hydrogen) atoms. The molecule has 0 aromatic rings. The Morgan fingerprint density at radius 2 is 2.07 bits per heavy atom. The van der Waals surface area contributed by atoms with Gasteiger partial charge in [-0.3, -0.25) is 0 Å². The summed E-state index contributed by atoms with van der Waals surface area (Å²) < 4.78 is 0. The van der Waals surface area contributed by atoms with E-state index in [1.54, 1.807) is 0 Å². The number of likely N-dealkylation sites (tertiary alicyclic amines) is 1. The van der Waals surface area contributed by atoms with E-state index in [0.717, 1.165) is 11.8 Å². The molecule has 0 aliphatic carbocycles. The van der Waals surface area contributed by atoms with E-state index in [-0.39, 0.29) is 0 Å². The third-order valence-electron chi connectivity index (χ3n) is 3.65. The lowest BCUT2D eigenvalue weighted by Gasteiger charge is -2.17. The average molecular weight is 212 g/mol. The van der Waals surface area contributed by atoms with Crippen LogP contribution in [0.2, 0.25) is 0 Å². The first-order valence-corrected chi connectivity index (χ1v) is 6.61. The number of nitrogens with zero attached hydrogens (tertiary/aromatic N) is 1. The number of rotatable bonds is 7. The minimum absolute atomic E-state index is 0.874. The largest absolute Gasteiger partial charge is 0.320 e. The van der Waals surface area contributed by atoms with Crippen LogP contribution in [0.4, 0.5) is 0 Å². The topological polar surface area (TPSA) is 15.3 Å². The van der Waals surface area contributed by atoms with Gasteiger partial charge in [-0.25, -0.2) is 0 Å². The van der Waals surface area contributed by atoms with Crippen molar-refractivity contribution in [2.24, 2.45) is 11.8 Å². The van der Waals surface area contributed by atoms with Gasteiger partial charge in [0.05, 0.1) is 0 Å². The van der Waals surface area contributed by atoms with Gasteiger partial charge in [0.15, 0.2) is 0 Å². The Balaban J connectivity index is 1.99. The molecule has 90 valence electrons. The van der Waals surface area contributed by atoms with Crippen LogP contribution in [-0.2, 0) is 0 Å². The Bertz CT molecular complexity index is 157. The second-order valence-electron chi connectivity index (χ2n) is 5.26. The first kappa shape index (κ1) is 13.0. The van der Waals surface area contributed by atoms with Gasteiger partial charge in [0.2, 0.25) is 0 Å². The summed E-state index contributed by atoms with van der Waals surface area (Å²) in [7, 11) is 2.04. The third kappa shape index (κ3) is 4.98. The highest BCUT2D eigenvalue weighted by Gasteiger charge is 2.23. The van der Waals surface area contributed by atoms with E-state index in [0.29, 0.717) is 0 Å². The smallest absolute Gasteiger partial charge is 0.00126 e. The molecule has 0 bridgehead atoms. The Morgan fingerprint density at radius 3 is 2.67 bits per heavy atom. The summed E-state index contributed by atoms with van der Waals surface area (Å²) in [5.41, 5.74) is 0. The van der Waals surface area contributed by atoms with Crippen molar-refractivity contribution in [2.45, 2.75) is 39.5 Å². The molecule has 0 saturated carbocycles. The number of unbranched alkanes of at least 4 members (excludes halogenated alkanes) is 2. The van der Waals surface area contributed by atoms with E-state index in [1.807, 2.05) is 7.05 Å². The summed E-state index contributed by atoms with van der Waals surface area (Å²) in [4.78, 5) is 2.66. The molecule has 0 aromatic heterocycles. The molecule has 1 N–H and O–H groups in total. The third-order valence-corrected chi connectivity index (χ3v) is 3.65. The van der Waals surface area contributed by atoms with Gasteiger partial charge in [-0.1, -0.05) is 20.3 Å². The van der Waals surface area contributed by atoms with Crippen molar-refractivity contribution >= 4 is 0 Å². The lowest BCUT2D eigenvalue weighted by Crippen LogP contribution is -2.23. The van der Waals surface area contributed by atoms with Crippen molar-refractivity contribution in [3.8, 4) is 0 Å². The monoisotopic (exact) mass is 212 g/mol. The Labute approximate surface area is 95.4 Å². The van der Waals surface area contributed by atoms with E-state index >= 15 is 0 Å². The van der Waals surface area contributed by atoms with E-state index in [2.05, 4.69) is 24.1 Å². The van der Waals surface area contributed by atoms with E-state index in [4.69, 9.17) is 0 Å². The molecule has 1 atom stereocenters. The van der Waals surface area contributed by atoms with Gasteiger partial charge in [0.25, 0.3) is 0 Å². The Morgan fingerprint density at radius 1 is 1.27 bits per heavy atom. The van der Waals surface area contributed by atoms with E-state index in [9.17, 15) is 0 Å². The van der Waals surface area contributed by atoms with Crippen molar-refractivity contribution < 1.29 is 0 Å². The molecule has 1 fully saturated rings. The Hall–Kier alpha value is -0.0800. The fourth-order valence-corrected chi connectivity index (χ4v) is 2.42. The quantitative estimate of drug-likeness (QED) is 0.652. The lowest BCUT2D eigenvalue weighted by molar-refractivity contribution is 0.296. The van der Waals surface area contributed by atoms with Crippen LogP contribution in [0.5, 0.6) is 0 Å². The first-order chi connectivity index (χ1) is 7.24. The molecule has 0 aromatic carbocycles. The molecular weight excluding hydrogens is 184 g/mol. The number of hydrogen-bond donors (Lipinski definition) is 1. The van der Waals surface area contributed by atoms with E-state index in [1.165, 1.54) is 51.9 Å². The van der Waals surface area contributed by atoms with E-state index < -0.39 is 0 Å². The molecule has 2 heteroatoms. The molecule has 0 amide bonds. The molecule has 1 rings (SSSR count). The highest BCUT2D eigenvalue weighted by Crippen LogP contribution is 2.23. The van der Waals surface area contributed by atoms with Crippen molar-refractivity contribution in [1.29, 1.82) is 0 Å². The van der Waals surface area contributed by atoms with Crippen LogP contribution in [0.25, 0.3) is 0 Å². The fourth-order valence-electron chi connectivity index (χ4n) is 2.42. The Kier molecular flexibility index (Phi) is 6.26. The summed E-state index contributed by atoms with van der Waals surface area (Å²) in [5.74, 6) is 1.83. The zero-order chi connectivity index (χ0) is 11.1. The zero-order valence-corrected chi connectivity index (χ0v) is 10.8. The predicted octanol–water partition coefficient (Wildman–Crippen LogP) is 2.35. The van der Waals surface area contributed by atoms with Gasteiger partial charge in [-0.2, -0.15) is 0 Å². The summed E-state index contributed by atoms with van der Waals surface area (Å²) in [6.07, 6.45) is 5.52. The molecule has 0 spiro atoms. The molecule has 1 saturated heterocycles. The molecular formula is C13H28N2. The first-order valence-electron chi connectivity index (χ1n) is 6.61. The highest BCUT2D eigenvalue weighted by atomic mass is 15.1. The van der Waals surface area contributed by atoms with Gasteiger partial charge in [0, 0.05) is 6.54 Å². The van der Waals surface area contributed by atoms with Crippen LogP contribution >= 0.6 is 0 Å². The summed E-state index contributed by atoms with van der Waals surface area (Å²) in [5, 5.41) is 3.20. The standard InChI is InChI=1S/C13H28N2/c1-12(2)13-7-10-15(11-13)9-6-4-5-8-14-3/h12-14H,4-11H2,1-3H3. The van der Waals surface area contributed by atoms with Crippen LogP contribution in [-0.4, -0.2) is 38.1 Å². The van der Waals surface area contributed by atoms with Crippen LogP contribution in [0.15, 0.2) is 0 Å². The van der Waals surface area contributed by atoms with Crippen LogP contribution in [0, 0.1) is 11.8 Å². The highest BCUT2D eigenvalue weighted by molar-refractivity contribution is 4.77. The lowest BCUT2D eigenvalue weighted by atomic mass is 9.95. The fraction of sp³-hybridized carbons (Fsp3) is 1.00. The van der Waals surface area contributed by atoms with Crippen molar-refractivity contribution in [2.75, 3.05) is 33.2 Å². The maximum atomic E-state index is 3.20. The van der Waals surface area contributed by atoms with Crippen molar-refractivity contribution in [3.05, 3.63) is 0 Å². The van der Waals surface area contributed by atoms with Crippen LogP contribution < -0.4 is 5.32 Å². The molecule has 1 unspecified atom stereocenters. The van der Waals surface area contributed by atoms with Gasteiger partial charge in [-0.05, 0) is 57.8 Å². The van der Waals surface area contributed by atoms with Gasteiger partial charge in [0.1, 0.15) is 0 Å². The molecule has 1 aliphatic heterocycles. The van der Waals surface area contributed by atoms with Crippen LogP contribution in [0.3, 0.4) is 0 Å². The second kappa shape index (κ2) is 7.24. The van der Waals surface area contributed by atoms with Crippen molar-refractivity contribution in [1.82, 2.24) is 10.2 Å².